The molecule has 0 saturated heterocycles. The third kappa shape index (κ3) is 2.56. The van der Waals surface area contributed by atoms with Crippen molar-refractivity contribution in [3.05, 3.63) is 29.3 Å². The molecule has 1 rings (SSSR count). The minimum Gasteiger partial charge on any atom is -0.392 e. The predicted molar refractivity (Wildman–Crippen MR) is 51.4 cm³/mol. The van der Waals surface area contributed by atoms with Crippen LogP contribution in [0.5, 0.6) is 0 Å². The van der Waals surface area contributed by atoms with E-state index in [-0.39, 0.29) is 11.5 Å². The number of rotatable bonds is 2. The second-order valence-electron chi connectivity index (χ2n) is 2.82. The van der Waals surface area contributed by atoms with Crippen LogP contribution >= 0.6 is 0 Å². The molecule has 1 amide bonds. The lowest BCUT2D eigenvalue weighted by molar-refractivity contribution is -0.114. The molecule has 70 valence electrons. The van der Waals surface area contributed by atoms with Gasteiger partial charge in [-0.1, -0.05) is 12.1 Å². The fourth-order valence-corrected chi connectivity index (χ4v) is 1.02. The van der Waals surface area contributed by atoms with E-state index in [2.05, 4.69) is 5.32 Å². The van der Waals surface area contributed by atoms with Gasteiger partial charge in [-0.3, -0.25) is 4.79 Å². The molecule has 1 aromatic rings. The van der Waals surface area contributed by atoms with Crippen molar-refractivity contribution in [3.8, 4) is 0 Å². The lowest BCUT2D eigenvalue weighted by Gasteiger charge is -2.07. The third-order valence-corrected chi connectivity index (χ3v) is 1.68. The number of benzene rings is 1. The van der Waals surface area contributed by atoms with Crippen molar-refractivity contribution >= 4 is 11.6 Å². The summed E-state index contributed by atoms with van der Waals surface area (Å²) in [5.41, 5.74) is 1.45. The van der Waals surface area contributed by atoms with Gasteiger partial charge in [-0.15, -0.1) is 0 Å². The Labute approximate surface area is 80.2 Å². The second-order valence-corrected chi connectivity index (χ2v) is 2.82. The van der Waals surface area contributed by atoms with E-state index in [9.17, 15) is 4.79 Å². The number of carbonyl (C=O) groups excluding carboxylic acids is 1. The second kappa shape index (κ2) is 4.05. The summed E-state index contributed by atoms with van der Waals surface area (Å²) in [6.45, 7) is 0.780. The smallest absolute Gasteiger partial charge is 0.221 e. The monoisotopic (exact) mass is 181 g/mol. The molecule has 0 aliphatic heterocycles. The summed E-state index contributed by atoms with van der Waals surface area (Å²) in [6, 6.07) is 4.56. The maximum atomic E-state index is 10.9. The summed E-state index contributed by atoms with van der Waals surface area (Å²) in [7, 11) is 0. The van der Waals surface area contributed by atoms with Crippen molar-refractivity contribution in [3.63, 3.8) is 0 Å². The minimum atomic E-state index is -2.39. The van der Waals surface area contributed by atoms with Gasteiger partial charge in [-0.05, 0) is 24.1 Å². The highest BCUT2D eigenvalue weighted by Crippen LogP contribution is 2.16. The largest absolute Gasteiger partial charge is 0.392 e. The Morgan fingerprint density at radius 1 is 1.69 bits per heavy atom. The molecule has 3 nitrogen and oxygen atoms in total. The molecule has 0 heterocycles. The molecular formula is C10H13NO2. The molecule has 0 aliphatic rings. The highest BCUT2D eigenvalue weighted by atomic mass is 16.3. The van der Waals surface area contributed by atoms with Crippen LogP contribution in [-0.4, -0.2) is 11.0 Å². The molecule has 0 spiro atoms. The molecule has 0 saturated carbocycles. The summed E-state index contributed by atoms with van der Waals surface area (Å²) in [6.07, 6.45) is 0. The Morgan fingerprint density at radius 3 is 2.92 bits per heavy atom. The normalized spacial score (nSPS) is 13.2. The zero-order valence-electron chi connectivity index (χ0n) is 9.59. The number of carbonyl (C=O) groups is 1. The number of amides is 1. The van der Waals surface area contributed by atoms with E-state index in [0.717, 1.165) is 5.56 Å². The Balaban J connectivity index is 3.11. The van der Waals surface area contributed by atoms with E-state index in [1.54, 1.807) is 13.0 Å². The van der Waals surface area contributed by atoms with E-state index in [1.165, 1.54) is 19.1 Å². The number of aryl methyl sites for hydroxylation is 1. The first kappa shape index (κ1) is 7.09. The van der Waals surface area contributed by atoms with E-state index in [1.807, 2.05) is 0 Å². The van der Waals surface area contributed by atoms with E-state index in [4.69, 9.17) is 7.85 Å². The fraction of sp³-hybridized carbons (Fsp3) is 0.300. The predicted octanol–water partition coefficient (Wildman–Crippen LogP) is 1.45. The quantitative estimate of drug-likeness (QED) is 0.725. The molecule has 0 bridgehead atoms. The summed E-state index contributed by atoms with van der Waals surface area (Å²) in [4.78, 5) is 10.9. The Morgan fingerprint density at radius 2 is 2.38 bits per heavy atom. The van der Waals surface area contributed by atoms with Gasteiger partial charge in [0.2, 0.25) is 5.91 Å². The van der Waals surface area contributed by atoms with Crippen LogP contribution in [0.4, 0.5) is 5.69 Å². The molecule has 0 unspecified atom stereocenters. The zero-order chi connectivity index (χ0) is 11.6. The van der Waals surface area contributed by atoms with Gasteiger partial charge in [0.1, 0.15) is 0 Å². The fourth-order valence-electron chi connectivity index (χ4n) is 1.02. The summed E-state index contributed by atoms with van der Waals surface area (Å²) in [5.74, 6) is -0.228. The van der Waals surface area contributed by atoms with E-state index >= 15 is 0 Å². The molecule has 0 atom stereocenters. The molecule has 2 N–H and O–H groups in total. The average Bonchev–Trinajstić information content (AvgIpc) is 2.06. The van der Waals surface area contributed by atoms with Gasteiger partial charge < -0.3 is 10.4 Å². The van der Waals surface area contributed by atoms with Gasteiger partial charge in [0.25, 0.3) is 0 Å². The van der Waals surface area contributed by atoms with Crippen LogP contribution < -0.4 is 5.32 Å². The third-order valence-electron chi connectivity index (χ3n) is 1.68. The van der Waals surface area contributed by atoms with Crippen molar-refractivity contribution in [2.45, 2.75) is 20.4 Å². The van der Waals surface area contributed by atoms with Crippen molar-refractivity contribution in [1.82, 2.24) is 0 Å². The van der Waals surface area contributed by atoms with Crippen LogP contribution in [0.25, 0.3) is 0 Å². The van der Waals surface area contributed by atoms with Gasteiger partial charge >= 0.3 is 0 Å². The molecule has 13 heavy (non-hydrogen) atoms. The first-order valence-electron chi connectivity index (χ1n) is 4.92. The first-order valence-corrected chi connectivity index (χ1v) is 3.92. The Bertz CT molecular complexity index is 385. The van der Waals surface area contributed by atoms with Crippen LogP contribution in [-0.2, 0) is 11.4 Å². The maximum Gasteiger partial charge on any atom is 0.221 e. The highest BCUT2D eigenvalue weighted by molar-refractivity contribution is 5.89. The SMILES string of the molecule is [2H]C([2H])(O)c1ccc(C)c(NC(C)=O)c1. The number of hydrogen-bond acceptors (Lipinski definition) is 2. The van der Waals surface area contributed by atoms with Crippen molar-refractivity contribution in [2.75, 3.05) is 5.32 Å². The molecule has 0 aliphatic carbocycles. The number of anilines is 1. The zero-order valence-corrected chi connectivity index (χ0v) is 7.59. The van der Waals surface area contributed by atoms with Crippen molar-refractivity contribution in [1.29, 1.82) is 0 Å². The van der Waals surface area contributed by atoms with Crippen LogP contribution in [0, 0.1) is 6.92 Å². The lowest BCUT2D eigenvalue weighted by atomic mass is 10.1. The van der Waals surface area contributed by atoms with Gasteiger partial charge in [-0.25, -0.2) is 0 Å². The average molecular weight is 181 g/mol. The summed E-state index contributed by atoms with van der Waals surface area (Å²) >= 11 is 0. The minimum absolute atomic E-state index is 0.122. The lowest BCUT2D eigenvalue weighted by Crippen LogP contribution is -2.07. The van der Waals surface area contributed by atoms with Gasteiger partial charge in [0, 0.05) is 12.6 Å². The number of hydrogen-bond donors (Lipinski definition) is 2. The summed E-state index contributed by atoms with van der Waals surface area (Å²) in [5, 5.41) is 11.7. The van der Waals surface area contributed by atoms with E-state index in [0.29, 0.717) is 5.69 Å². The number of nitrogens with one attached hydrogen (secondary N) is 1. The van der Waals surface area contributed by atoms with Crippen LogP contribution in [0.15, 0.2) is 18.2 Å². The molecule has 0 aromatic heterocycles. The van der Waals surface area contributed by atoms with Gasteiger partial charge in [0.05, 0.1) is 9.30 Å². The molecule has 1 aromatic carbocycles. The number of aliphatic hydroxyl groups is 1. The van der Waals surface area contributed by atoms with Crippen molar-refractivity contribution < 1.29 is 12.6 Å². The molecule has 0 fully saturated rings. The van der Waals surface area contributed by atoms with Gasteiger partial charge in [0.15, 0.2) is 0 Å². The van der Waals surface area contributed by atoms with Crippen molar-refractivity contribution in [2.24, 2.45) is 0 Å². The topological polar surface area (TPSA) is 49.3 Å². The van der Waals surface area contributed by atoms with Gasteiger partial charge in [-0.2, -0.15) is 0 Å². The Kier molecular flexibility index (Phi) is 2.21. The molecule has 0 radical (unpaired) electrons. The maximum absolute atomic E-state index is 10.9. The standard InChI is InChI=1S/C10H13NO2/c1-7-3-4-9(6-12)5-10(7)11-8(2)13/h3-5,12H,6H2,1-2H3,(H,11,13)/i6D2. The first-order chi connectivity index (χ1) is 6.80. The van der Waals surface area contributed by atoms with Crippen LogP contribution in [0.2, 0.25) is 0 Å². The molecular weight excluding hydrogens is 166 g/mol. The van der Waals surface area contributed by atoms with Crippen LogP contribution in [0.1, 0.15) is 20.8 Å². The molecule has 3 heteroatoms. The van der Waals surface area contributed by atoms with Crippen LogP contribution in [0.3, 0.4) is 0 Å². The van der Waals surface area contributed by atoms with E-state index < -0.39 is 6.56 Å². The highest BCUT2D eigenvalue weighted by Gasteiger charge is 2.00. The Hall–Kier alpha value is -1.35. The summed E-state index contributed by atoms with van der Waals surface area (Å²) < 4.78 is 14.3.